The molecule has 0 aliphatic heterocycles. The van der Waals surface area contributed by atoms with Crippen molar-refractivity contribution in [2.45, 2.75) is 31.1 Å². The van der Waals surface area contributed by atoms with Crippen molar-refractivity contribution in [1.82, 2.24) is 4.72 Å². The summed E-state index contributed by atoms with van der Waals surface area (Å²) in [6.07, 6.45) is 0.431. The third-order valence-corrected chi connectivity index (χ3v) is 6.48. The molecule has 166 valence electrons. The summed E-state index contributed by atoms with van der Waals surface area (Å²) < 4.78 is 39.6. The summed E-state index contributed by atoms with van der Waals surface area (Å²) in [5.74, 6) is 1.94. The van der Waals surface area contributed by atoms with E-state index in [2.05, 4.69) is 18.6 Å². The first-order valence-electron chi connectivity index (χ1n) is 10.3. The maximum Gasteiger partial charge on any atom is 0.244 e. The molecule has 3 aromatic carbocycles. The van der Waals surface area contributed by atoms with Gasteiger partial charge in [0.15, 0.2) is 0 Å². The normalized spacial score (nSPS) is 11.2. The molecule has 0 fully saturated rings. The van der Waals surface area contributed by atoms with Crippen LogP contribution in [-0.2, 0) is 16.4 Å². The van der Waals surface area contributed by atoms with Crippen molar-refractivity contribution in [3.63, 3.8) is 0 Å². The molecule has 3 rings (SSSR count). The zero-order chi connectivity index (χ0) is 23.1. The number of nitrogens with one attached hydrogen (secondary N) is 1. The minimum Gasteiger partial charge on any atom is -0.495 e. The van der Waals surface area contributed by atoms with E-state index < -0.39 is 10.0 Å². The van der Waals surface area contributed by atoms with Gasteiger partial charge in [-0.1, -0.05) is 44.2 Å². The molecule has 0 aliphatic carbocycles. The highest BCUT2D eigenvalue weighted by molar-refractivity contribution is 7.89. The Morgan fingerprint density at radius 2 is 1.75 bits per heavy atom. The Balaban J connectivity index is 1.80. The monoisotopic (exact) mass is 450 g/mol. The maximum atomic E-state index is 12.9. The van der Waals surface area contributed by atoms with E-state index in [-0.39, 0.29) is 22.8 Å². The molecule has 6 nitrogen and oxygen atoms in total. The second-order valence-corrected chi connectivity index (χ2v) is 9.30. The summed E-state index contributed by atoms with van der Waals surface area (Å²) in [4.78, 5) is -0.0602. The molecule has 0 bridgehead atoms. The molecule has 0 amide bonds. The number of hydrogen-bond donors (Lipinski definition) is 1. The van der Waals surface area contributed by atoms with Gasteiger partial charge < -0.3 is 9.47 Å². The van der Waals surface area contributed by atoms with Crippen LogP contribution in [-0.4, -0.2) is 22.1 Å². The van der Waals surface area contributed by atoms with Crippen molar-refractivity contribution in [3.8, 4) is 23.3 Å². The number of para-hydroxylation sites is 1. The molecule has 0 aliphatic rings. The molecule has 0 heterocycles. The number of rotatable bonds is 9. The highest BCUT2D eigenvalue weighted by Crippen LogP contribution is 2.30. The first-order valence-corrected chi connectivity index (χ1v) is 11.8. The zero-order valence-corrected chi connectivity index (χ0v) is 19.1. The molecule has 0 atom stereocenters. The molecule has 3 aromatic rings. The van der Waals surface area contributed by atoms with Crippen LogP contribution in [0.2, 0.25) is 0 Å². The van der Waals surface area contributed by atoms with Gasteiger partial charge in [0.05, 0.1) is 18.7 Å². The van der Waals surface area contributed by atoms with Crippen LogP contribution in [0.4, 0.5) is 0 Å². The molecule has 0 saturated heterocycles. The molecule has 32 heavy (non-hydrogen) atoms. The Hall–Kier alpha value is -3.34. The van der Waals surface area contributed by atoms with Crippen LogP contribution < -0.4 is 14.2 Å². The zero-order valence-electron chi connectivity index (χ0n) is 18.3. The van der Waals surface area contributed by atoms with E-state index in [4.69, 9.17) is 14.7 Å². The van der Waals surface area contributed by atoms with Crippen molar-refractivity contribution in [1.29, 1.82) is 5.26 Å². The van der Waals surface area contributed by atoms with Crippen LogP contribution >= 0.6 is 0 Å². The standard InChI is InChI=1S/C25H26N2O4S/c1-18(2)21-11-10-20(24(16-21)31-22-7-5-4-6-8-22)13-14-27-32(28,29)25-15-19(17-26)9-12-23(25)30-3/h4-12,15-16,18,27H,13-14H2,1-3H3. The number of methoxy groups -OCH3 is 1. The summed E-state index contributed by atoms with van der Waals surface area (Å²) in [6, 6.07) is 21.7. The van der Waals surface area contributed by atoms with Crippen LogP contribution in [0.5, 0.6) is 17.2 Å². The van der Waals surface area contributed by atoms with Crippen molar-refractivity contribution in [3.05, 3.63) is 83.4 Å². The predicted octanol–water partition coefficient (Wildman–Crippen LogP) is 5.00. The minimum absolute atomic E-state index is 0.0602. The van der Waals surface area contributed by atoms with Crippen LogP contribution in [0.3, 0.4) is 0 Å². The van der Waals surface area contributed by atoms with Crippen molar-refractivity contribution in [2.24, 2.45) is 0 Å². The molecular weight excluding hydrogens is 424 g/mol. The van der Waals surface area contributed by atoms with Gasteiger partial charge in [-0.25, -0.2) is 13.1 Å². The van der Waals surface area contributed by atoms with Gasteiger partial charge in [0, 0.05) is 6.54 Å². The lowest BCUT2D eigenvalue weighted by molar-refractivity contribution is 0.402. The van der Waals surface area contributed by atoms with Gasteiger partial charge in [-0.15, -0.1) is 0 Å². The second kappa shape index (κ2) is 10.3. The van der Waals surface area contributed by atoms with E-state index in [0.717, 1.165) is 11.1 Å². The van der Waals surface area contributed by atoms with Crippen molar-refractivity contribution < 1.29 is 17.9 Å². The quantitative estimate of drug-likeness (QED) is 0.495. The molecule has 0 saturated carbocycles. The van der Waals surface area contributed by atoms with Gasteiger partial charge in [-0.2, -0.15) is 5.26 Å². The average molecular weight is 451 g/mol. The van der Waals surface area contributed by atoms with Gasteiger partial charge in [-0.05, 0) is 59.9 Å². The van der Waals surface area contributed by atoms with E-state index in [1.54, 1.807) is 0 Å². The summed E-state index contributed by atoms with van der Waals surface area (Å²) in [5.41, 5.74) is 2.27. The smallest absolute Gasteiger partial charge is 0.244 e. The number of ether oxygens (including phenoxy) is 2. The topological polar surface area (TPSA) is 88.4 Å². The van der Waals surface area contributed by atoms with Gasteiger partial charge in [0.1, 0.15) is 22.1 Å². The fourth-order valence-electron chi connectivity index (χ4n) is 3.20. The highest BCUT2D eigenvalue weighted by Gasteiger charge is 2.20. The Kier molecular flexibility index (Phi) is 7.52. The Labute approximate surface area is 189 Å². The largest absolute Gasteiger partial charge is 0.495 e. The Morgan fingerprint density at radius 1 is 1.00 bits per heavy atom. The van der Waals surface area contributed by atoms with E-state index in [9.17, 15) is 8.42 Å². The lowest BCUT2D eigenvalue weighted by Crippen LogP contribution is -2.26. The molecule has 1 N–H and O–H groups in total. The van der Waals surface area contributed by atoms with E-state index >= 15 is 0 Å². The Bertz CT molecular complexity index is 1220. The minimum atomic E-state index is -3.87. The number of sulfonamides is 1. The molecule has 7 heteroatoms. The number of nitrogens with zero attached hydrogens (tertiary/aromatic N) is 1. The predicted molar refractivity (Wildman–Crippen MR) is 124 cm³/mol. The first kappa shape index (κ1) is 23.3. The summed E-state index contributed by atoms with van der Waals surface area (Å²) in [5, 5.41) is 9.11. The fourth-order valence-corrected chi connectivity index (χ4v) is 4.43. The molecule has 0 spiro atoms. The molecule has 0 unspecified atom stereocenters. The lowest BCUT2D eigenvalue weighted by atomic mass is 10.00. The lowest BCUT2D eigenvalue weighted by Gasteiger charge is -2.15. The van der Waals surface area contributed by atoms with Gasteiger partial charge in [0.25, 0.3) is 0 Å². The van der Waals surface area contributed by atoms with Crippen LogP contribution in [0.15, 0.2) is 71.6 Å². The van der Waals surface area contributed by atoms with Crippen molar-refractivity contribution >= 4 is 10.0 Å². The van der Waals surface area contributed by atoms with Crippen LogP contribution in [0, 0.1) is 11.3 Å². The van der Waals surface area contributed by atoms with Crippen molar-refractivity contribution in [2.75, 3.05) is 13.7 Å². The van der Waals surface area contributed by atoms with E-state index in [1.807, 2.05) is 54.6 Å². The van der Waals surface area contributed by atoms with Crippen LogP contribution in [0.1, 0.15) is 36.5 Å². The molecular formula is C25H26N2O4S. The summed E-state index contributed by atoms with van der Waals surface area (Å²) in [7, 11) is -2.47. The second-order valence-electron chi connectivity index (χ2n) is 7.56. The SMILES string of the molecule is COc1ccc(C#N)cc1S(=O)(=O)NCCc1ccc(C(C)C)cc1Oc1ccccc1. The van der Waals surface area contributed by atoms with Gasteiger partial charge in [0.2, 0.25) is 10.0 Å². The third-order valence-electron chi connectivity index (χ3n) is 5.00. The number of nitriles is 1. The van der Waals surface area contributed by atoms with E-state index in [1.165, 1.54) is 25.3 Å². The molecule has 0 radical (unpaired) electrons. The molecule has 0 aromatic heterocycles. The number of hydrogen-bond acceptors (Lipinski definition) is 5. The average Bonchev–Trinajstić information content (AvgIpc) is 2.80. The third kappa shape index (κ3) is 5.67. The van der Waals surface area contributed by atoms with E-state index in [0.29, 0.717) is 23.8 Å². The first-order chi connectivity index (χ1) is 15.3. The fraction of sp³-hybridized carbons (Fsp3) is 0.240. The summed E-state index contributed by atoms with van der Waals surface area (Å²) in [6.45, 7) is 4.38. The Morgan fingerprint density at radius 3 is 2.41 bits per heavy atom. The maximum absolute atomic E-state index is 12.9. The van der Waals surface area contributed by atoms with Gasteiger partial charge >= 0.3 is 0 Å². The summed E-state index contributed by atoms with van der Waals surface area (Å²) >= 11 is 0. The van der Waals surface area contributed by atoms with Crippen LogP contribution in [0.25, 0.3) is 0 Å². The highest BCUT2D eigenvalue weighted by atomic mass is 32.2. The van der Waals surface area contributed by atoms with Gasteiger partial charge in [-0.3, -0.25) is 0 Å². The number of benzene rings is 3.